The second-order valence-electron chi connectivity index (χ2n) is 10.0. The monoisotopic (exact) mass is 464 g/mol. The quantitative estimate of drug-likeness (QED) is 0.638. The number of piperidine rings is 1. The molecular weight excluding hydrogens is 432 g/mol. The molecule has 7 nitrogen and oxygen atoms in total. The van der Waals surface area contributed by atoms with Gasteiger partial charge in [-0.25, -0.2) is 4.79 Å². The number of carboxylic acid groups (broad SMARTS) is 1. The molecule has 0 aromatic heterocycles. The maximum Gasteiger partial charge on any atom is 0.407 e. The van der Waals surface area contributed by atoms with E-state index in [1.807, 2.05) is 38.1 Å². The van der Waals surface area contributed by atoms with Crippen LogP contribution in [-0.2, 0) is 14.3 Å². The van der Waals surface area contributed by atoms with Crippen molar-refractivity contribution >= 4 is 18.0 Å². The van der Waals surface area contributed by atoms with Crippen LogP contribution < -0.4 is 5.32 Å². The van der Waals surface area contributed by atoms with Crippen LogP contribution >= 0.6 is 0 Å². The van der Waals surface area contributed by atoms with Crippen molar-refractivity contribution in [3.63, 3.8) is 0 Å². The predicted molar refractivity (Wildman–Crippen MR) is 128 cm³/mol. The molecule has 0 spiro atoms. The SMILES string of the molecule is CC(C)(CNC(=O)OCC1c2ccccc2-c2ccccc21)CC(=O)N1CCCC(C(=O)O)C1. The van der Waals surface area contributed by atoms with Crippen molar-refractivity contribution in [1.82, 2.24) is 10.2 Å². The molecule has 1 unspecified atom stereocenters. The number of nitrogens with one attached hydrogen (secondary N) is 1. The summed E-state index contributed by atoms with van der Waals surface area (Å²) in [6.07, 6.45) is 1.02. The third kappa shape index (κ3) is 5.24. The van der Waals surface area contributed by atoms with E-state index < -0.39 is 23.4 Å². The Morgan fingerprint density at radius 3 is 2.29 bits per heavy atom. The Kier molecular flexibility index (Phi) is 6.91. The zero-order chi connectivity index (χ0) is 24.3. The molecule has 2 aromatic rings. The van der Waals surface area contributed by atoms with Crippen LogP contribution in [0.1, 0.15) is 50.2 Å². The number of ether oxygens (including phenoxy) is 1. The molecule has 0 bridgehead atoms. The number of rotatable bonds is 7. The first-order valence-corrected chi connectivity index (χ1v) is 11.8. The Hall–Kier alpha value is -3.35. The number of alkyl carbamates (subject to hydrolysis) is 1. The average molecular weight is 465 g/mol. The van der Waals surface area contributed by atoms with Gasteiger partial charge in [-0.1, -0.05) is 62.4 Å². The number of likely N-dealkylation sites (tertiary alicyclic amines) is 1. The molecule has 0 saturated carbocycles. The number of hydrogen-bond donors (Lipinski definition) is 2. The molecule has 1 aliphatic heterocycles. The molecule has 1 atom stereocenters. The smallest absolute Gasteiger partial charge is 0.407 e. The van der Waals surface area contributed by atoms with Crippen LogP contribution in [0.5, 0.6) is 0 Å². The number of carbonyl (C=O) groups excluding carboxylic acids is 2. The van der Waals surface area contributed by atoms with Gasteiger partial charge in [0.25, 0.3) is 0 Å². The van der Waals surface area contributed by atoms with E-state index >= 15 is 0 Å². The lowest BCUT2D eigenvalue weighted by molar-refractivity contribution is -0.146. The zero-order valence-electron chi connectivity index (χ0n) is 19.8. The van der Waals surface area contributed by atoms with E-state index in [0.29, 0.717) is 19.4 Å². The van der Waals surface area contributed by atoms with E-state index in [9.17, 15) is 19.5 Å². The van der Waals surface area contributed by atoms with Crippen LogP contribution in [0.2, 0.25) is 0 Å². The van der Waals surface area contributed by atoms with Gasteiger partial charge in [0, 0.05) is 32.0 Å². The van der Waals surface area contributed by atoms with Crippen LogP contribution in [0, 0.1) is 11.3 Å². The van der Waals surface area contributed by atoms with Gasteiger partial charge in [0.15, 0.2) is 0 Å². The van der Waals surface area contributed by atoms with E-state index in [0.717, 1.165) is 11.1 Å². The summed E-state index contributed by atoms with van der Waals surface area (Å²) in [5.41, 5.74) is 4.18. The molecule has 2 aliphatic rings. The Morgan fingerprint density at radius 2 is 1.68 bits per heavy atom. The molecule has 1 fully saturated rings. The fourth-order valence-electron chi connectivity index (χ4n) is 4.95. The highest BCUT2D eigenvalue weighted by atomic mass is 16.5. The minimum Gasteiger partial charge on any atom is -0.481 e. The maximum atomic E-state index is 12.7. The summed E-state index contributed by atoms with van der Waals surface area (Å²) < 4.78 is 5.59. The Bertz CT molecular complexity index is 1030. The van der Waals surface area contributed by atoms with Gasteiger partial charge < -0.3 is 20.1 Å². The molecule has 2 N–H and O–H groups in total. The number of fused-ring (bicyclic) bond motifs is 3. The molecule has 34 heavy (non-hydrogen) atoms. The first-order valence-electron chi connectivity index (χ1n) is 11.8. The minimum absolute atomic E-state index is 0.00554. The summed E-state index contributed by atoms with van der Waals surface area (Å²) in [5, 5.41) is 12.1. The van der Waals surface area contributed by atoms with Crippen LogP contribution in [0.3, 0.4) is 0 Å². The molecule has 1 aliphatic carbocycles. The molecule has 2 aromatic carbocycles. The molecular formula is C27H32N2O5. The van der Waals surface area contributed by atoms with E-state index in [1.165, 1.54) is 11.1 Å². The second-order valence-corrected chi connectivity index (χ2v) is 10.0. The third-order valence-corrected chi connectivity index (χ3v) is 6.81. The predicted octanol–water partition coefficient (Wildman–Crippen LogP) is 4.26. The van der Waals surface area contributed by atoms with Crippen molar-refractivity contribution in [2.45, 2.75) is 39.0 Å². The van der Waals surface area contributed by atoms with Gasteiger partial charge in [-0.3, -0.25) is 9.59 Å². The molecule has 1 heterocycles. The topological polar surface area (TPSA) is 95.9 Å². The molecule has 0 radical (unpaired) electrons. The highest BCUT2D eigenvalue weighted by Crippen LogP contribution is 2.44. The van der Waals surface area contributed by atoms with Crippen molar-refractivity contribution in [2.24, 2.45) is 11.3 Å². The number of nitrogens with zero attached hydrogens (tertiary/aromatic N) is 1. The third-order valence-electron chi connectivity index (χ3n) is 6.81. The summed E-state index contributed by atoms with van der Waals surface area (Å²) in [7, 11) is 0. The lowest BCUT2D eigenvalue weighted by atomic mass is 9.88. The van der Waals surface area contributed by atoms with E-state index in [1.54, 1.807) is 4.90 Å². The van der Waals surface area contributed by atoms with Crippen LogP contribution in [0.4, 0.5) is 4.79 Å². The Labute approximate surface area is 200 Å². The zero-order valence-corrected chi connectivity index (χ0v) is 19.8. The summed E-state index contributed by atoms with van der Waals surface area (Å²) in [6.45, 7) is 5.18. The van der Waals surface area contributed by atoms with Gasteiger partial charge in [-0.15, -0.1) is 0 Å². The van der Waals surface area contributed by atoms with Crippen molar-refractivity contribution < 1.29 is 24.2 Å². The Morgan fingerprint density at radius 1 is 1.06 bits per heavy atom. The molecule has 2 amide bonds. The highest BCUT2D eigenvalue weighted by molar-refractivity contribution is 5.80. The summed E-state index contributed by atoms with van der Waals surface area (Å²) in [6, 6.07) is 16.4. The van der Waals surface area contributed by atoms with E-state index in [2.05, 4.69) is 29.6 Å². The van der Waals surface area contributed by atoms with Gasteiger partial charge in [0.05, 0.1) is 5.92 Å². The summed E-state index contributed by atoms with van der Waals surface area (Å²) >= 11 is 0. The van der Waals surface area contributed by atoms with Crippen LogP contribution in [0.25, 0.3) is 11.1 Å². The fourth-order valence-corrected chi connectivity index (χ4v) is 4.95. The highest BCUT2D eigenvalue weighted by Gasteiger charge is 2.32. The number of aliphatic carboxylic acids is 1. The van der Waals surface area contributed by atoms with Gasteiger partial charge >= 0.3 is 12.1 Å². The van der Waals surface area contributed by atoms with Crippen molar-refractivity contribution in [1.29, 1.82) is 0 Å². The van der Waals surface area contributed by atoms with Crippen molar-refractivity contribution in [3.05, 3.63) is 59.7 Å². The lowest BCUT2D eigenvalue weighted by Crippen LogP contribution is -2.45. The minimum atomic E-state index is -0.853. The largest absolute Gasteiger partial charge is 0.481 e. The first kappa shape index (κ1) is 23.8. The fraction of sp³-hybridized carbons (Fsp3) is 0.444. The van der Waals surface area contributed by atoms with Gasteiger partial charge in [-0.2, -0.15) is 0 Å². The number of benzene rings is 2. The number of amides is 2. The maximum absolute atomic E-state index is 12.7. The van der Waals surface area contributed by atoms with Crippen molar-refractivity contribution in [2.75, 3.05) is 26.2 Å². The standard InChI is InChI=1S/C27H32N2O5/c1-27(2,14-24(30)29-13-7-8-18(15-29)25(31)32)17-28-26(33)34-16-23-21-11-5-3-9-19(21)20-10-4-6-12-22(20)23/h3-6,9-12,18,23H,7-8,13-17H2,1-2H3,(H,28,33)(H,31,32). The normalized spacial score (nSPS) is 17.6. The Balaban J connectivity index is 1.28. The summed E-state index contributed by atoms with van der Waals surface area (Å²) in [5.74, 6) is -1.44. The van der Waals surface area contributed by atoms with Crippen molar-refractivity contribution in [3.8, 4) is 11.1 Å². The van der Waals surface area contributed by atoms with Gasteiger partial charge in [0.1, 0.15) is 6.61 Å². The van der Waals surface area contributed by atoms with Crippen LogP contribution in [-0.4, -0.2) is 54.2 Å². The lowest BCUT2D eigenvalue weighted by Gasteiger charge is -2.33. The number of hydrogen-bond acceptors (Lipinski definition) is 4. The molecule has 7 heteroatoms. The average Bonchev–Trinajstić information content (AvgIpc) is 3.15. The first-order chi connectivity index (χ1) is 16.2. The molecule has 180 valence electrons. The molecule has 1 saturated heterocycles. The number of carboxylic acids is 1. The van der Waals surface area contributed by atoms with Gasteiger partial charge in [-0.05, 0) is 40.5 Å². The number of carbonyl (C=O) groups is 3. The van der Waals surface area contributed by atoms with E-state index in [-0.39, 0.29) is 37.9 Å². The second kappa shape index (κ2) is 9.87. The van der Waals surface area contributed by atoms with Crippen LogP contribution in [0.15, 0.2) is 48.5 Å². The molecule has 4 rings (SSSR count). The van der Waals surface area contributed by atoms with E-state index in [4.69, 9.17) is 4.74 Å². The van der Waals surface area contributed by atoms with Gasteiger partial charge in [0.2, 0.25) is 5.91 Å². The summed E-state index contributed by atoms with van der Waals surface area (Å²) in [4.78, 5) is 38.1.